The van der Waals surface area contributed by atoms with Crippen molar-refractivity contribution >= 4 is 29.1 Å². The first-order chi connectivity index (χ1) is 21.7. The highest BCUT2D eigenvalue weighted by Crippen LogP contribution is 2.28. The molecule has 46 heavy (non-hydrogen) atoms. The highest BCUT2D eigenvalue weighted by Gasteiger charge is 2.39. The number of nitrogens with zero attached hydrogens (tertiary/aromatic N) is 3. The number of aromatic nitrogens is 1. The van der Waals surface area contributed by atoms with Crippen LogP contribution in [-0.4, -0.2) is 82.1 Å². The van der Waals surface area contributed by atoms with Crippen molar-refractivity contribution in [3.05, 3.63) is 52.0 Å². The second-order valence-corrected chi connectivity index (χ2v) is 14.9. The average Bonchev–Trinajstić information content (AvgIpc) is 3.50. The molecule has 10 heteroatoms. The summed E-state index contributed by atoms with van der Waals surface area (Å²) in [6, 6.07) is 9.18. The van der Waals surface area contributed by atoms with Crippen LogP contribution in [0.3, 0.4) is 0 Å². The molecule has 0 bridgehead atoms. The molecule has 2 aromatic rings. The molecule has 1 fully saturated rings. The Kier molecular flexibility index (Phi) is 14.2. The number of piperidine rings is 1. The molecule has 1 aliphatic heterocycles. The summed E-state index contributed by atoms with van der Waals surface area (Å²) < 4.78 is 0. The van der Waals surface area contributed by atoms with Crippen LogP contribution in [0.5, 0.6) is 0 Å². The van der Waals surface area contributed by atoms with Gasteiger partial charge < -0.3 is 15.3 Å². The lowest BCUT2D eigenvalue weighted by Crippen LogP contribution is -2.65. The van der Waals surface area contributed by atoms with Gasteiger partial charge in [-0.3, -0.25) is 24.6 Å². The molecule has 0 unspecified atom stereocenters. The second kappa shape index (κ2) is 17.4. The number of amides is 2. The number of hydrogen-bond donors (Lipinski definition) is 3. The molecule has 3 N–H and O–H groups in total. The van der Waals surface area contributed by atoms with Crippen LogP contribution in [0.15, 0.2) is 35.7 Å². The Morgan fingerprint density at radius 3 is 2.43 bits per heavy atom. The summed E-state index contributed by atoms with van der Waals surface area (Å²) in [5.74, 6) is -1.19. The first kappa shape index (κ1) is 37.6. The maximum absolute atomic E-state index is 14.1. The van der Waals surface area contributed by atoms with Crippen LogP contribution in [0.25, 0.3) is 0 Å². The second-order valence-electron chi connectivity index (χ2n) is 13.9. The van der Waals surface area contributed by atoms with E-state index in [1.165, 1.54) is 17.8 Å². The van der Waals surface area contributed by atoms with Gasteiger partial charge >= 0.3 is 5.97 Å². The van der Waals surface area contributed by atoms with Crippen LogP contribution in [0.2, 0.25) is 0 Å². The first-order valence-electron chi connectivity index (χ1n) is 17.0. The molecule has 2 heterocycles. The molecule has 256 valence electrons. The van der Waals surface area contributed by atoms with Crippen molar-refractivity contribution in [2.75, 3.05) is 20.6 Å². The van der Waals surface area contributed by atoms with Crippen LogP contribution in [-0.2, 0) is 22.4 Å². The summed E-state index contributed by atoms with van der Waals surface area (Å²) in [5.41, 5.74) is 1.17. The summed E-state index contributed by atoms with van der Waals surface area (Å²) in [4.78, 5) is 47.9. The summed E-state index contributed by atoms with van der Waals surface area (Å²) in [6.45, 7) is 13.5. The van der Waals surface area contributed by atoms with E-state index in [2.05, 4.69) is 62.2 Å². The molecule has 1 aliphatic rings. The molecule has 0 saturated carbocycles. The Labute approximate surface area is 280 Å². The third-order valence-corrected chi connectivity index (χ3v) is 10.9. The molecule has 2 amide bonds. The Balaban J connectivity index is 1.67. The quantitative estimate of drug-likeness (QED) is 0.196. The molecular weight excluding hydrogens is 598 g/mol. The first-order valence-corrected chi connectivity index (χ1v) is 17.9. The number of nitrogens with one attached hydrogen (secondary N) is 2. The lowest BCUT2D eigenvalue weighted by Gasteiger charge is -2.47. The number of aliphatic carboxylic acids is 1. The van der Waals surface area contributed by atoms with Crippen molar-refractivity contribution in [3.63, 3.8) is 0 Å². The maximum atomic E-state index is 14.1. The zero-order chi connectivity index (χ0) is 34.0. The molecule has 6 atom stereocenters. The Hall–Kier alpha value is -2.82. The van der Waals surface area contributed by atoms with E-state index in [9.17, 15) is 19.5 Å². The molecule has 0 aliphatic carbocycles. The minimum absolute atomic E-state index is 0.0201. The number of likely N-dealkylation sites (tertiary alicyclic amines) is 1. The number of hydrogen-bond acceptors (Lipinski definition) is 7. The normalized spacial score (nSPS) is 20.5. The van der Waals surface area contributed by atoms with Crippen molar-refractivity contribution in [1.82, 2.24) is 25.4 Å². The highest BCUT2D eigenvalue weighted by molar-refractivity contribution is 7.09. The fourth-order valence-corrected chi connectivity index (χ4v) is 7.29. The van der Waals surface area contributed by atoms with Crippen molar-refractivity contribution < 1.29 is 19.5 Å². The summed E-state index contributed by atoms with van der Waals surface area (Å²) >= 11 is 1.45. The lowest BCUT2D eigenvalue weighted by atomic mass is 9.90. The zero-order valence-corrected chi connectivity index (χ0v) is 30.0. The number of likely N-dealkylation sites (N-methyl/N-ethyl adjacent to an activating group) is 1. The van der Waals surface area contributed by atoms with Gasteiger partial charge in [0.05, 0.1) is 22.6 Å². The highest BCUT2D eigenvalue weighted by atomic mass is 32.1. The maximum Gasteiger partial charge on any atom is 0.306 e. The fourth-order valence-electron chi connectivity index (χ4n) is 6.49. The van der Waals surface area contributed by atoms with Crippen molar-refractivity contribution in [2.24, 2.45) is 17.8 Å². The van der Waals surface area contributed by atoms with Crippen LogP contribution < -0.4 is 10.6 Å². The predicted molar refractivity (Wildman–Crippen MR) is 186 cm³/mol. The van der Waals surface area contributed by atoms with Gasteiger partial charge in [0.2, 0.25) is 5.91 Å². The van der Waals surface area contributed by atoms with E-state index >= 15 is 0 Å². The minimum Gasteiger partial charge on any atom is -0.481 e. The molecule has 0 spiro atoms. The monoisotopic (exact) mass is 655 g/mol. The lowest BCUT2D eigenvalue weighted by molar-refractivity contribution is -0.141. The van der Waals surface area contributed by atoms with E-state index < -0.39 is 11.9 Å². The van der Waals surface area contributed by atoms with E-state index in [0.717, 1.165) is 42.8 Å². The molecule has 9 nitrogen and oxygen atoms in total. The van der Waals surface area contributed by atoms with Gasteiger partial charge in [-0.15, -0.1) is 11.3 Å². The van der Waals surface area contributed by atoms with Gasteiger partial charge in [-0.2, -0.15) is 0 Å². The standard InChI is InChI=1S/C36H57N5O4S/c1-9-25(4)32(39-36(6)19-13-14-20-40(36)7)34(43)41(8)30(24(2)3)17-18-31-38-29(23-46-31)33(42)37-28(21-26(5)35(44)45)22-27-15-11-10-12-16-27/h10-12,15-16,23-26,28,30,32,39H,9,13-14,17-22H2,1-8H3,(H,37,42)(H,44,45)/t25-,26-,28+,30-,32-,36+/m0/s1. The number of benzene rings is 1. The van der Waals surface area contributed by atoms with E-state index in [0.29, 0.717) is 25.0 Å². The van der Waals surface area contributed by atoms with Crippen LogP contribution in [0.1, 0.15) is 101 Å². The number of carboxylic acid groups (broad SMARTS) is 1. The predicted octanol–water partition coefficient (Wildman–Crippen LogP) is 5.85. The summed E-state index contributed by atoms with van der Waals surface area (Å²) in [7, 11) is 4.08. The number of carbonyl (C=O) groups excluding carboxylic acids is 2. The summed E-state index contributed by atoms with van der Waals surface area (Å²) in [6.07, 6.45) is 6.54. The molecule has 1 aromatic heterocycles. The molecule has 1 saturated heterocycles. The number of carboxylic acids is 1. The van der Waals surface area contributed by atoms with Crippen LogP contribution in [0, 0.1) is 17.8 Å². The smallest absolute Gasteiger partial charge is 0.306 e. The van der Waals surface area contributed by atoms with Gasteiger partial charge in [-0.1, -0.05) is 71.4 Å². The molecule has 0 radical (unpaired) electrons. The van der Waals surface area contributed by atoms with Gasteiger partial charge in [0.1, 0.15) is 5.69 Å². The van der Waals surface area contributed by atoms with Crippen LogP contribution in [0.4, 0.5) is 0 Å². The topological polar surface area (TPSA) is 115 Å². The van der Waals surface area contributed by atoms with Gasteiger partial charge in [0.25, 0.3) is 5.91 Å². The van der Waals surface area contributed by atoms with E-state index in [-0.39, 0.29) is 47.4 Å². The molecule has 3 rings (SSSR count). The third kappa shape index (κ3) is 10.3. The minimum atomic E-state index is -0.881. The number of aryl methyl sites for hydroxylation is 1. The number of rotatable bonds is 17. The Morgan fingerprint density at radius 2 is 1.83 bits per heavy atom. The van der Waals surface area contributed by atoms with E-state index in [4.69, 9.17) is 0 Å². The molecular formula is C36H57N5O4S. The Bertz CT molecular complexity index is 1270. The van der Waals surface area contributed by atoms with E-state index in [1.807, 2.05) is 42.3 Å². The summed E-state index contributed by atoms with van der Waals surface area (Å²) in [5, 5.41) is 18.9. The molecule has 1 aromatic carbocycles. The van der Waals surface area contributed by atoms with Gasteiger partial charge in [0.15, 0.2) is 0 Å². The van der Waals surface area contributed by atoms with Crippen LogP contribution >= 0.6 is 11.3 Å². The van der Waals surface area contributed by atoms with Gasteiger partial charge in [-0.05, 0) is 76.4 Å². The van der Waals surface area contributed by atoms with Crippen molar-refractivity contribution in [2.45, 2.75) is 117 Å². The number of thiazole rings is 1. The number of carbonyl (C=O) groups is 3. The fraction of sp³-hybridized carbons (Fsp3) is 0.667. The van der Waals surface area contributed by atoms with E-state index in [1.54, 1.807) is 12.3 Å². The van der Waals surface area contributed by atoms with Gasteiger partial charge in [0, 0.05) is 30.9 Å². The third-order valence-electron chi connectivity index (χ3n) is 9.97. The largest absolute Gasteiger partial charge is 0.481 e. The van der Waals surface area contributed by atoms with Crippen molar-refractivity contribution in [3.8, 4) is 0 Å². The SMILES string of the molecule is CC[C@H](C)[C@H](N[C@@]1(C)CCCCN1C)C(=O)N(C)[C@@H](CCc1nc(C(=O)N[C@@H](Cc2ccccc2)C[C@H](C)C(=O)O)cs1)C(C)C. The zero-order valence-electron chi connectivity index (χ0n) is 29.2. The Morgan fingerprint density at radius 1 is 1.13 bits per heavy atom. The van der Waals surface area contributed by atoms with Gasteiger partial charge in [-0.25, -0.2) is 4.98 Å². The van der Waals surface area contributed by atoms with Crippen molar-refractivity contribution in [1.29, 1.82) is 0 Å². The average molecular weight is 656 g/mol.